The highest BCUT2D eigenvalue weighted by Gasteiger charge is 2.30. The topological polar surface area (TPSA) is 84.4 Å². The molecule has 0 saturated heterocycles. The minimum Gasteiger partial charge on any atom is -0.382 e. The number of hydrogen-bond acceptors (Lipinski definition) is 5. The minimum absolute atomic E-state index is 0.0806. The monoisotopic (exact) mass is 346 g/mol. The summed E-state index contributed by atoms with van der Waals surface area (Å²) in [6.07, 6.45) is 6.28. The predicted molar refractivity (Wildman–Crippen MR) is 92.4 cm³/mol. The zero-order valence-electron chi connectivity index (χ0n) is 14.8. The second-order valence-corrected chi connectivity index (χ2v) is 6.59. The molecule has 0 bridgehead atoms. The number of ether oxygens (including phenoxy) is 1. The molecule has 0 radical (unpaired) electrons. The van der Waals surface area contributed by atoms with Crippen molar-refractivity contribution < 1.29 is 14.3 Å². The molecule has 0 aromatic carbocycles. The lowest BCUT2D eigenvalue weighted by atomic mass is 10.1. The summed E-state index contributed by atoms with van der Waals surface area (Å²) >= 11 is 0. The molecule has 2 amide bonds. The van der Waals surface area contributed by atoms with Gasteiger partial charge in [-0.15, -0.1) is 0 Å². The Morgan fingerprint density at radius 3 is 3.04 bits per heavy atom. The van der Waals surface area contributed by atoms with Gasteiger partial charge in [-0.3, -0.25) is 9.59 Å². The van der Waals surface area contributed by atoms with Crippen molar-refractivity contribution in [2.45, 2.75) is 44.9 Å². The molecule has 7 nitrogen and oxygen atoms in total. The van der Waals surface area contributed by atoms with Crippen LogP contribution >= 0.6 is 0 Å². The minimum atomic E-state index is -0.140. The van der Waals surface area contributed by atoms with E-state index in [0.717, 1.165) is 43.6 Å². The maximum atomic E-state index is 12.7. The molecule has 1 aromatic rings. The Hall–Kier alpha value is -2.02. The second-order valence-electron chi connectivity index (χ2n) is 6.59. The first-order chi connectivity index (χ1) is 12.2. The highest BCUT2D eigenvalue weighted by molar-refractivity contribution is 5.97. The summed E-state index contributed by atoms with van der Waals surface area (Å²) in [5.41, 5.74) is 1.38. The van der Waals surface area contributed by atoms with Gasteiger partial charge in [0.2, 0.25) is 5.91 Å². The molecule has 2 heterocycles. The number of aryl methyl sites for hydroxylation is 1. The van der Waals surface area contributed by atoms with Crippen LogP contribution in [0, 0.1) is 0 Å². The summed E-state index contributed by atoms with van der Waals surface area (Å²) in [7, 11) is 0. The summed E-state index contributed by atoms with van der Waals surface area (Å²) in [4.78, 5) is 35.4. The molecule has 0 spiro atoms. The Kier molecular flexibility index (Phi) is 5.96. The van der Waals surface area contributed by atoms with E-state index >= 15 is 0 Å². The van der Waals surface area contributed by atoms with Crippen molar-refractivity contribution in [1.29, 1.82) is 0 Å². The number of nitrogens with one attached hydrogen (secondary N) is 1. The number of rotatable bonds is 8. The number of nitrogens with zero attached hydrogens (tertiary/aromatic N) is 3. The van der Waals surface area contributed by atoms with Crippen LogP contribution in [-0.2, 0) is 16.0 Å². The lowest BCUT2D eigenvalue weighted by molar-refractivity contribution is -0.121. The summed E-state index contributed by atoms with van der Waals surface area (Å²) in [5.74, 6) is 1.07. The molecule has 3 rings (SSSR count). The normalized spacial score (nSPS) is 17.2. The fraction of sp³-hybridized carbons (Fsp3) is 0.667. The molecule has 1 saturated carbocycles. The molecular weight excluding hydrogens is 320 g/mol. The average Bonchev–Trinajstić information content (AvgIpc) is 3.45. The van der Waals surface area contributed by atoms with Gasteiger partial charge in [0.1, 0.15) is 5.82 Å². The van der Waals surface area contributed by atoms with E-state index in [1.54, 1.807) is 11.1 Å². The molecule has 1 aliphatic carbocycles. The summed E-state index contributed by atoms with van der Waals surface area (Å²) < 4.78 is 5.24. The van der Waals surface area contributed by atoms with Gasteiger partial charge in [0.25, 0.3) is 5.91 Å². The van der Waals surface area contributed by atoms with Gasteiger partial charge >= 0.3 is 0 Å². The van der Waals surface area contributed by atoms with Crippen molar-refractivity contribution in [3.05, 3.63) is 23.3 Å². The van der Waals surface area contributed by atoms with Crippen LogP contribution in [0.4, 0.5) is 0 Å². The SMILES string of the molecule is CCOCCCNC(=O)CN1CCCc2nc(C3CC3)ncc2C1=O. The first-order valence-corrected chi connectivity index (χ1v) is 9.18. The van der Waals surface area contributed by atoms with Crippen LogP contribution in [0.25, 0.3) is 0 Å². The van der Waals surface area contributed by atoms with Crippen molar-refractivity contribution >= 4 is 11.8 Å². The van der Waals surface area contributed by atoms with Gasteiger partial charge in [-0.05, 0) is 39.0 Å². The highest BCUT2D eigenvalue weighted by atomic mass is 16.5. The fourth-order valence-corrected chi connectivity index (χ4v) is 2.98. The lowest BCUT2D eigenvalue weighted by Crippen LogP contribution is -2.41. The van der Waals surface area contributed by atoms with Crippen molar-refractivity contribution in [3.8, 4) is 0 Å². The molecular formula is C18H26N4O3. The lowest BCUT2D eigenvalue weighted by Gasteiger charge is -2.20. The molecule has 25 heavy (non-hydrogen) atoms. The molecule has 2 aliphatic rings. The molecule has 0 atom stereocenters. The van der Waals surface area contributed by atoms with Gasteiger partial charge < -0.3 is 15.0 Å². The van der Waals surface area contributed by atoms with Crippen LogP contribution in [0.1, 0.15) is 60.4 Å². The molecule has 1 fully saturated rings. The van der Waals surface area contributed by atoms with E-state index in [0.29, 0.717) is 37.8 Å². The van der Waals surface area contributed by atoms with Crippen LogP contribution in [0.2, 0.25) is 0 Å². The zero-order chi connectivity index (χ0) is 17.6. The number of carbonyl (C=O) groups is 2. The van der Waals surface area contributed by atoms with Gasteiger partial charge in [-0.1, -0.05) is 0 Å². The van der Waals surface area contributed by atoms with E-state index in [1.165, 1.54) is 0 Å². The van der Waals surface area contributed by atoms with E-state index < -0.39 is 0 Å². The van der Waals surface area contributed by atoms with E-state index in [2.05, 4.69) is 15.3 Å². The maximum absolute atomic E-state index is 12.7. The van der Waals surface area contributed by atoms with Gasteiger partial charge in [0.15, 0.2) is 0 Å². The van der Waals surface area contributed by atoms with Crippen LogP contribution in [0.3, 0.4) is 0 Å². The van der Waals surface area contributed by atoms with Crippen LogP contribution in [0.15, 0.2) is 6.20 Å². The first-order valence-electron chi connectivity index (χ1n) is 9.18. The quantitative estimate of drug-likeness (QED) is 0.717. The van der Waals surface area contributed by atoms with Gasteiger partial charge in [-0.25, -0.2) is 9.97 Å². The number of carbonyl (C=O) groups excluding carboxylic acids is 2. The van der Waals surface area contributed by atoms with Crippen molar-refractivity contribution in [1.82, 2.24) is 20.2 Å². The third kappa shape index (κ3) is 4.75. The zero-order valence-corrected chi connectivity index (χ0v) is 14.8. The number of aromatic nitrogens is 2. The first kappa shape index (κ1) is 17.8. The molecule has 0 unspecified atom stereocenters. The van der Waals surface area contributed by atoms with Gasteiger partial charge in [0.05, 0.1) is 17.8 Å². The van der Waals surface area contributed by atoms with Crippen molar-refractivity contribution in [3.63, 3.8) is 0 Å². The van der Waals surface area contributed by atoms with E-state index in [1.807, 2.05) is 6.92 Å². The van der Waals surface area contributed by atoms with E-state index in [-0.39, 0.29) is 18.4 Å². The summed E-state index contributed by atoms with van der Waals surface area (Å²) in [6.45, 7) is 4.47. The molecule has 7 heteroatoms. The second kappa shape index (κ2) is 8.38. The largest absolute Gasteiger partial charge is 0.382 e. The van der Waals surface area contributed by atoms with Gasteiger partial charge in [0, 0.05) is 38.4 Å². The number of hydrogen-bond donors (Lipinski definition) is 1. The van der Waals surface area contributed by atoms with Crippen LogP contribution in [0.5, 0.6) is 0 Å². The molecule has 1 aliphatic heterocycles. The third-order valence-electron chi connectivity index (χ3n) is 4.51. The Morgan fingerprint density at radius 2 is 2.28 bits per heavy atom. The summed E-state index contributed by atoms with van der Waals surface area (Å²) in [5, 5.41) is 2.84. The Balaban J connectivity index is 1.56. The standard InChI is InChI=1S/C18H26N4O3/c1-2-25-10-4-8-19-16(23)12-22-9-3-5-15-14(18(22)24)11-20-17(21-15)13-6-7-13/h11,13H,2-10,12H2,1H3,(H,19,23). The molecule has 136 valence electrons. The summed E-state index contributed by atoms with van der Waals surface area (Å²) in [6, 6.07) is 0. The molecule has 1 aromatic heterocycles. The maximum Gasteiger partial charge on any atom is 0.257 e. The van der Waals surface area contributed by atoms with Crippen LogP contribution in [-0.4, -0.2) is 59.5 Å². The van der Waals surface area contributed by atoms with E-state index in [4.69, 9.17) is 4.74 Å². The Bertz CT molecular complexity index is 631. The van der Waals surface area contributed by atoms with Crippen molar-refractivity contribution in [2.75, 3.05) is 32.8 Å². The van der Waals surface area contributed by atoms with Crippen LogP contribution < -0.4 is 5.32 Å². The fourth-order valence-electron chi connectivity index (χ4n) is 2.98. The predicted octanol–water partition coefficient (Wildman–Crippen LogP) is 1.29. The number of amides is 2. The van der Waals surface area contributed by atoms with Crippen molar-refractivity contribution in [2.24, 2.45) is 0 Å². The molecule has 1 N–H and O–H groups in total. The third-order valence-corrected chi connectivity index (χ3v) is 4.51. The smallest absolute Gasteiger partial charge is 0.257 e. The highest BCUT2D eigenvalue weighted by Crippen LogP contribution is 2.38. The Morgan fingerprint density at radius 1 is 1.44 bits per heavy atom. The van der Waals surface area contributed by atoms with Gasteiger partial charge in [-0.2, -0.15) is 0 Å². The van der Waals surface area contributed by atoms with E-state index in [9.17, 15) is 9.59 Å². The average molecular weight is 346 g/mol. The number of fused-ring (bicyclic) bond motifs is 1. The Labute approximate surface area is 148 Å².